The number of carbonyl (C=O) groups excluding carboxylic acids is 1. The number of aliphatic imine (C=N–C) groups is 1. The smallest absolute Gasteiger partial charge is 0.243 e. The van der Waals surface area contributed by atoms with Crippen LogP contribution in [0.5, 0.6) is 11.5 Å². The molecule has 0 aliphatic heterocycles. The topological polar surface area (TPSA) is 91.0 Å². The van der Waals surface area contributed by atoms with Crippen molar-refractivity contribution < 1.29 is 14.3 Å². The van der Waals surface area contributed by atoms with Crippen molar-refractivity contribution in [1.82, 2.24) is 20.5 Å². The predicted molar refractivity (Wildman–Crippen MR) is 128 cm³/mol. The molecule has 0 fully saturated rings. The van der Waals surface area contributed by atoms with Gasteiger partial charge >= 0.3 is 0 Å². The van der Waals surface area contributed by atoms with Gasteiger partial charge in [-0.2, -0.15) is 0 Å². The van der Waals surface area contributed by atoms with E-state index in [1.54, 1.807) is 28.3 Å². The van der Waals surface area contributed by atoms with E-state index in [1.165, 1.54) is 4.90 Å². The largest absolute Gasteiger partial charge is 0.497 e. The zero-order chi connectivity index (χ0) is 20.5. The van der Waals surface area contributed by atoms with Gasteiger partial charge in [0.15, 0.2) is 5.96 Å². The summed E-state index contributed by atoms with van der Waals surface area (Å²) in [5, 5.41) is 7.47. The van der Waals surface area contributed by atoms with E-state index in [0.717, 1.165) is 54.0 Å². The van der Waals surface area contributed by atoms with Gasteiger partial charge in [-0.25, -0.2) is 4.99 Å². The molecule has 29 heavy (non-hydrogen) atoms. The molecule has 1 aromatic heterocycles. The van der Waals surface area contributed by atoms with Crippen LogP contribution < -0.4 is 20.1 Å². The third kappa shape index (κ3) is 7.30. The Balaban J connectivity index is 0.00000420. The van der Waals surface area contributed by atoms with Crippen molar-refractivity contribution in [2.75, 3.05) is 47.9 Å². The third-order valence-corrected chi connectivity index (χ3v) is 4.32. The molecule has 0 unspecified atom stereocenters. The number of nitrogens with one attached hydrogen (secondary N) is 3. The summed E-state index contributed by atoms with van der Waals surface area (Å²) in [5.41, 5.74) is 2.13. The molecule has 0 aliphatic rings. The first-order chi connectivity index (χ1) is 13.5. The summed E-state index contributed by atoms with van der Waals surface area (Å²) in [6.07, 6.45) is 1.79. The number of rotatable bonds is 9. The highest BCUT2D eigenvalue weighted by Gasteiger charge is 2.09. The van der Waals surface area contributed by atoms with Gasteiger partial charge in [0, 0.05) is 50.4 Å². The summed E-state index contributed by atoms with van der Waals surface area (Å²) in [4.78, 5) is 21.0. The molecule has 0 radical (unpaired) electrons. The highest BCUT2D eigenvalue weighted by molar-refractivity contribution is 14.0. The molecule has 2 rings (SSSR count). The van der Waals surface area contributed by atoms with Gasteiger partial charge < -0.3 is 30.0 Å². The van der Waals surface area contributed by atoms with Gasteiger partial charge in [0.05, 0.1) is 19.7 Å². The van der Waals surface area contributed by atoms with Gasteiger partial charge in [0.25, 0.3) is 0 Å². The number of aromatic amines is 1. The molecule has 9 heteroatoms. The standard InChI is InChI=1S/C20H31N5O3.HI/c1-6-21-20(23-13-19(26)25(2)3)22-9-7-8-14-10-16-17(24-14)11-15(27-4)12-18(16)28-5;/h10-12,24H,6-9,13H2,1-5H3,(H2,21,22,23);1H. The van der Waals surface area contributed by atoms with Gasteiger partial charge in [0.2, 0.25) is 5.91 Å². The average molecular weight is 517 g/mol. The second kappa shape index (κ2) is 12.4. The van der Waals surface area contributed by atoms with E-state index < -0.39 is 0 Å². The van der Waals surface area contributed by atoms with Crippen molar-refractivity contribution in [2.24, 2.45) is 4.99 Å². The van der Waals surface area contributed by atoms with Crippen LogP contribution in [0.25, 0.3) is 10.9 Å². The second-order valence-corrected chi connectivity index (χ2v) is 6.60. The fraction of sp³-hybridized carbons (Fsp3) is 0.500. The molecule has 8 nitrogen and oxygen atoms in total. The fourth-order valence-electron chi connectivity index (χ4n) is 2.77. The summed E-state index contributed by atoms with van der Waals surface area (Å²) in [5.74, 6) is 2.18. The lowest BCUT2D eigenvalue weighted by atomic mass is 10.2. The highest BCUT2D eigenvalue weighted by Crippen LogP contribution is 2.31. The number of aryl methyl sites for hydroxylation is 1. The number of aromatic nitrogens is 1. The lowest BCUT2D eigenvalue weighted by molar-refractivity contribution is -0.127. The number of amides is 1. The van der Waals surface area contributed by atoms with E-state index in [4.69, 9.17) is 9.47 Å². The molecule has 3 N–H and O–H groups in total. The van der Waals surface area contributed by atoms with Crippen molar-refractivity contribution in [2.45, 2.75) is 19.8 Å². The third-order valence-electron chi connectivity index (χ3n) is 4.32. The van der Waals surface area contributed by atoms with Gasteiger partial charge in [-0.05, 0) is 25.8 Å². The number of ether oxygens (including phenoxy) is 2. The first kappa shape index (κ1) is 24.9. The molecular weight excluding hydrogens is 485 g/mol. The molecule has 0 aliphatic carbocycles. The number of hydrogen-bond acceptors (Lipinski definition) is 4. The Morgan fingerprint density at radius 2 is 1.93 bits per heavy atom. The summed E-state index contributed by atoms with van der Waals surface area (Å²) in [6.45, 7) is 3.62. The number of methoxy groups -OCH3 is 2. The summed E-state index contributed by atoms with van der Waals surface area (Å²) < 4.78 is 10.8. The van der Waals surface area contributed by atoms with E-state index in [2.05, 4.69) is 26.7 Å². The molecule has 1 amide bonds. The van der Waals surface area contributed by atoms with Crippen molar-refractivity contribution >= 4 is 46.7 Å². The number of H-pyrrole nitrogens is 1. The van der Waals surface area contributed by atoms with Crippen LogP contribution in [-0.2, 0) is 11.2 Å². The zero-order valence-electron chi connectivity index (χ0n) is 17.8. The van der Waals surface area contributed by atoms with E-state index in [0.29, 0.717) is 5.96 Å². The Kier molecular flexibility index (Phi) is 10.6. The number of nitrogens with zero attached hydrogens (tertiary/aromatic N) is 2. The zero-order valence-corrected chi connectivity index (χ0v) is 20.1. The predicted octanol–water partition coefficient (Wildman–Crippen LogP) is 2.38. The fourth-order valence-corrected chi connectivity index (χ4v) is 2.77. The summed E-state index contributed by atoms with van der Waals surface area (Å²) in [7, 11) is 6.76. The monoisotopic (exact) mass is 517 g/mol. The van der Waals surface area contributed by atoms with Gasteiger partial charge in [-0.15, -0.1) is 24.0 Å². The molecule has 0 bridgehead atoms. The van der Waals surface area contributed by atoms with Crippen LogP contribution in [0.15, 0.2) is 23.2 Å². The Bertz CT molecular complexity index is 820. The minimum Gasteiger partial charge on any atom is -0.497 e. The average Bonchev–Trinajstić information content (AvgIpc) is 3.10. The summed E-state index contributed by atoms with van der Waals surface area (Å²) in [6, 6.07) is 5.97. The molecule has 162 valence electrons. The van der Waals surface area contributed by atoms with Crippen LogP contribution >= 0.6 is 24.0 Å². The Labute approximate surface area is 189 Å². The first-order valence-electron chi connectivity index (χ1n) is 9.44. The van der Waals surface area contributed by atoms with E-state index in [-0.39, 0.29) is 36.4 Å². The van der Waals surface area contributed by atoms with Crippen molar-refractivity contribution in [3.63, 3.8) is 0 Å². The number of likely N-dealkylation sites (N-methyl/N-ethyl adjacent to an activating group) is 1. The van der Waals surface area contributed by atoms with E-state index in [1.807, 2.05) is 19.1 Å². The number of halogens is 1. The van der Waals surface area contributed by atoms with Crippen LogP contribution in [0.3, 0.4) is 0 Å². The van der Waals surface area contributed by atoms with Crippen molar-refractivity contribution in [3.05, 3.63) is 23.9 Å². The lowest BCUT2D eigenvalue weighted by Gasteiger charge is -2.12. The first-order valence-corrected chi connectivity index (χ1v) is 9.44. The minimum absolute atomic E-state index is 0. The number of benzene rings is 1. The maximum Gasteiger partial charge on any atom is 0.243 e. The molecule has 1 heterocycles. The number of carbonyl (C=O) groups is 1. The number of hydrogen-bond donors (Lipinski definition) is 3. The Morgan fingerprint density at radius 1 is 1.17 bits per heavy atom. The second-order valence-electron chi connectivity index (χ2n) is 6.60. The SMILES string of the molecule is CCNC(=NCC(=O)N(C)C)NCCCc1cc2c(OC)cc(OC)cc2[nH]1.I. The van der Waals surface area contributed by atoms with Crippen LogP contribution in [0, 0.1) is 0 Å². The maximum absolute atomic E-state index is 11.7. The Hall–Kier alpha value is -2.17. The lowest BCUT2D eigenvalue weighted by Crippen LogP contribution is -2.39. The summed E-state index contributed by atoms with van der Waals surface area (Å²) >= 11 is 0. The Morgan fingerprint density at radius 3 is 2.55 bits per heavy atom. The number of fused-ring (bicyclic) bond motifs is 1. The van der Waals surface area contributed by atoms with Gasteiger partial charge in [-0.1, -0.05) is 0 Å². The minimum atomic E-state index is -0.0281. The van der Waals surface area contributed by atoms with E-state index in [9.17, 15) is 4.79 Å². The molecule has 0 saturated heterocycles. The highest BCUT2D eigenvalue weighted by atomic mass is 127. The maximum atomic E-state index is 11.7. The van der Waals surface area contributed by atoms with Gasteiger partial charge in [-0.3, -0.25) is 4.79 Å². The quantitative estimate of drug-likeness (QED) is 0.206. The normalized spacial score (nSPS) is 11.0. The van der Waals surface area contributed by atoms with E-state index >= 15 is 0 Å². The van der Waals surface area contributed by atoms with Gasteiger partial charge in [0.1, 0.15) is 18.0 Å². The molecular formula is C20H32IN5O3. The van der Waals surface area contributed by atoms with Crippen LogP contribution in [0.4, 0.5) is 0 Å². The van der Waals surface area contributed by atoms with Crippen LogP contribution in [-0.4, -0.2) is 69.7 Å². The van der Waals surface area contributed by atoms with Crippen LogP contribution in [0.1, 0.15) is 19.0 Å². The molecule has 2 aromatic rings. The van der Waals surface area contributed by atoms with Crippen LogP contribution in [0.2, 0.25) is 0 Å². The van der Waals surface area contributed by atoms with Crippen molar-refractivity contribution in [1.29, 1.82) is 0 Å². The molecule has 0 atom stereocenters. The molecule has 1 aromatic carbocycles. The molecule has 0 saturated carbocycles. The number of guanidine groups is 1. The molecule has 0 spiro atoms. The van der Waals surface area contributed by atoms with Crippen molar-refractivity contribution in [3.8, 4) is 11.5 Å².